The summed E-state index contributed by atoms with van der Waals surface area (Å²) in [6.45, 7) is 0.832. The Bertz CT molecular complexity index is 945. The first-order valence-electron chi connectivity index (χ1n) is 8.00. The lowest BCUT2D eigenvalue weighted by molar-refractivity contribution is -0.137. The molecule has 2 amide bonds. The van der Waals surface area contributed by atoms with Gasteiger partial charge in [0.05, 0.1) is 16.9 Å². The maximum absolute atomic E-state index is 13.7. The van der Waals surface area contributed by atoms with Gasteiger partial charge in [0.1, 0.15) is 12.4 Å². The average molecular weight is 400 g/mol. The predicted octanol–water partition coefficient (Wildman–Crippen LogP) is 3.74. The van der Waals surface area contributed by atoms with Crippen molar-refractivity contribution in [2.24, 2.45) is 0 Å². The van der Waals surface area contributed by atoms with Crippen LogP contribution in [0.4, 0.5) is 33.3 Å². The number of alkyl halides is 3. The van der Waals surface area contributed by atoms with Crippen LogP contribution in [0.25, 0.3) is 0 Å². The summed E-state index contributed by atoms with van der Waals surface area (Å²) < 4.78 is 70.5. The Balaban J connectivity index is 1.87. The first kappa shape index (κ1) is 19.6. The number of rotatable bonds is 3. The molecule has 0 radical (unpaired) electrons. The Hall–Kier alpha value is -3.17. The van der Waals surface area contributed by atoms with E-state index in [0.29, 0.717) is 6.07 Å². The zero-order chi connectivity index (χ0) is 20.6. The molecule has 1 heterocycles. The highest BCUT2D eigenvalue weighted by Crippen LogP contribution is 2.37. The SMILES string of the molecule is C[C@H](Oc1ccc(F)cc1F)C(=O)N1CC(=O)Nc2cc(C(F)(F)F)ccc21. The van der Waals surface area contributed by atoms with E-state index in [4.69, 9.17) is 4.74 Å². The lowest BCUT2D eigenvalue weighted by Crippen LogP contribution is -2.47. The van der Waals surface area contributed by atoms with Gasteiger partial charge in [0.25, 0.3) is 5.91 Å². The molecule has 0 spiro atoms. The number of anilines is 2. The molecule has 28 heavy (non-hydrogen) atoms. The van der Waals surface area contributed by atoms with Gasteiger partial charge in [-0.05, 0) is 37.3 Å². The number of carbonyl (C=O) groups excluding carboxylic acids is 2. The van der Waals surface area contributed by atoms with Crippen molar-refractivity contribution in [2.75, 3.05) is 16.8 Å². The molecule has 3 rings (SSSR count). The summed E-state index contributed by atoms with van der Waals surface area (Å²) in [5.74, 6) is -3.70. The summed E-state index contributed by atoms with van der Waals surface area (Å²) in [5, 5.41) is 2.29. The fraction of sp³-hybridized carbons (Fsp3) is 0.222. The van der Waals surface area contributed by atoms with Crippen molar-refractivity contribution >= 4 is 23.2 Å². The molecular formula is C18H13F5N2O3. The summed E-state index contributed by atoms with van der Waals surface area (Å²) in [7, 11) is 0. The number of hydrogen-bond acceptors (Lipinski definition) is 3. The standard InChI is InChI=1S/C18H13F5N2O3/c1-9(28-15-5-3-11(19)7-12(15)20)17(27)25-8-16(26)24-13-6-10(18(21,22)23)2-4-14(13)25/h2-7,9H,8H2,1H3,(H,24,26)/t9-/m0/s1. The number of benzene rings is 2. The summed E-state index contributed by atoms with van der Waals surface area (Å²) in [6, 6.07) is 5.08. The molecule has 0 aliphatic carbocycles. The Morgan fingerprint density at radius 2 is 1.89 bits per heavy atom. The van der Waals surface area contributed by atoms with Gasteiger partial charge in [-0.3, -0.25) is 14.5 Å². The van der Waals surface area contributed by atoms with Crippen LogP contribution in [0.2, 0.25) is 0 Å². The maximum Gasteiger partial charge on any atom is 0.416 e. The highest BCUT2D eigenvalue weighted by molar-refractivity contribution is 6.11. The highest BCUT2D eigenvalue weighted by Gasteiger charge is 2.35. The summed E-state index contributed by atoms with van der Waals surface area (Å²) >= 11 is 0. The summed E-state index contributed by atoms with van der Waals surface area (Å²) in [6.07, 6.45) is -5.91. The second kappa shape index (κ2) is 7.10. The third kappa shape index (κ3) is 3.90. The van der Waals surface area contributed by atoms with E-state index in [-0.39, 0.29) is 17.1 Å². The number of halogens is 5. The molecule has 1 aliphatic rings. The first-order chi connectivity index (χ1) is 13.1. The van der Waals surface area contributed by atoms with Crippen molar-refractivity contribution in [1.82, 2.24) is 0 Å². The maximum atomic E-state index is 13.7. The fourth-order valence-electron chi connectivity index (χ4n) is 2.69. The second-order valence-electron chi connectivity index (χ2n) is 6.04. The van der Waals surface area contributed by atoms with Crippen molar-refractivity contribution in [3.8, 4) is 5.75 Å². The van der Waals surface area contributed by atoms with Crippen LogP contribution in [-0.4, -0.2) is 24.5 Å². The van der Waals surface area contributed by atoms with Crippen molar-refractivity contribution in [1.29, 1.82) is 0 Å². The van der Waals surface area contributed by atoms with Crippen molar-refractivity contribution in [2.45, 2.75) is 19.2 Å². The van der Waals surface area contributed by atoms with Gasteiger partial charge in [0, 0.05) is 6.07 Å². The van der Waals surface area contributed by atoms with Crippen LogP contribution in [0.5, 0.6) is 5.75 Å². The second-order valence-corrected chi connectivity index (χ2v) is 6.04. The Kier molecular flexibility index (Phi) is 4.97. The van der Waals surface area contributed by atoms with Crippen LogP contribution in [0, 0.1) is 11.6 Å². The summed E-state index contributed by atoms with van der Waals surface area (Å²) in [5.41, 5.74) is -1.12. The van der Waals surface area contributed by atoms with Crippen molar-refractivity contribution < 1.29 is 36.3 Å². The lowest BCUT2D eigenvalue weighted by atomic mass is 10.1. The van der Waals surface area contributed by atoms with Gasteiger partial charge in [-0.1, -0.05) is 0 Å². The van der Waals surface area contributed by atoms with Gasteiger partial charge in [0.2, 0.25) is 5.91 Å². The largest absolute Gasteiger partial charge is 0.478 e. The molecule has 0 saturated heterocycles. The van der Waals surface area contributed by atoms with E-state index in [9.17, 15) is 31.5 Å². The number of hydrogen-bond donors (Lipinski definition) is 1. The molecule has 148 valence electrons. The van der Waals surface area contributed by atoms with Gasteiger partial charge in [-0.25, -0.2) is 8.78 Å². The topological polar surface area (TPSA) is 58.6 Å². The Labute approximate surface area is 155 Å². The van der Waals surface area contributed by atoms with Crippen LogP contribution in [0.3, 0.4) is 0 Å². The molecule has 0 bridgehead atoms. The predicted molar refractivity (Wildman–Crippen MR) is 88.9 cm³/mol. The highest BCUT2D eigenvalue weighted by atomic mass is 19.4. The van der Waals surface area contributed by atoms with E-state index in [1.165, 1.54) is 6.92 Å². The van der Waals surface area contributed by atoms with Crippen molar-refractivity contribution in [3.05, 3.63) is 53.6 Å². The minimum Gasteiger partial charge on any atom is -0.478 e. The Morgan fingerprint density at radius 3 is 2.54 bits per heavy atom. The zero-order valence-electron chi connectivity index (χ0n) is 14.3. The van der Waals surface area contributed by atoms with E-state index in [2.05, 4.69) is 5.32 Å². The van der Waals surface area contributed by atoms with Crippen LogP contribution in [-0.2, 0) is 15.8 Å². The van der Waals surface area contributed by atoms with Gasteiger partial charge in [0.15, 0.2) is 17.7 Å². The quantitative estimate of drug-likeness (QED) is 0.799. The van der Waals surface area contributed by atoms with E-state index in [1.54, 1.807) is 0 Å². The molecule has 5 nitrogen and oxygen atoms in total. The van der Waals surface area contributed by atoms with E-state index < -0.39 is 47.8 Å². The van der Waals surface area contributed by atoms with E-state index in [0.717, 1.165) is 35.2 Å². The molecule has 1 atom stereocenters. The number of ether oxygens (including phenoxy) is 1. The molecular weight excluding hydrogens is 387 g/mol. The molecule has 10 heteroatoms. The first-order valence-corrected chi connectivity index (χ1v) is 8.00. The molecule has 0 fully saturated rings. The van der Waals surface area contributed by atoms with E-state index >= 15 is 0 Å². The number of nitrogens with one attached hydrogen (secondary N) is 1. The van der Waals surface area contributed by atoms with Gasteiger partial charge >= 0.3 is 6.18 Å². The molecule has 2 aromatic carbocycles. The van der Waals surface area contributed by atoms with Crippen LogP contribution in [0.1, 0.15) is 12.5 Å². The molecule has 1 aliphatic heterocycles. The van der Waals surface area contributed by atoms with Crippen LogP contribution < -0.4 is 15.0 Å². The lowest BCUT2D eigenvalue weighted by Gasteiger charge is -2.31. The van der Waals surface area contributed by atoms with E-state index in [1.807, 2.05) is 0 Å². The zero-order valence-corrected chi connectivity index (χ0v) is 14.3. The fourth-order valence-corrected chi connectivity index (χ4v) is 2.69. The molecule has 2 aromatic rings. The van der Waals surface area contributed by atoms with Gasteiger partial charge in [-0.15, -0.1) is 0 Å². The average Bonchev–Trinajstić information content (AvgIpc) is 2.61. The normalized spacial score (nSPS) is 14.9. The summed E-state index contributed by atoms with van der Waals surface area (Å²) in [4.78, 5) is 25.5. The van der Waals surface area contributed by atoms with Gasteiger partial charge in [-0.2, -0.15) is 13.2 Å². The monoisotopic (exact) mass is 400 g/mol. The Morgan fingerprint density at radius 1 is 1.18 bits per heavy atom. The van der Waals surface area contributed by atoms with Crippen molar-refractivity contribution in [3.63, 3.8) is 0 Å². The number of fused-ring (bicyclic) bond motifs is 1. The van der Waals surface area contributed by atoms with Crippen LogP contribution in [0.15, 0.2) is 36.4 Å². The minimum absolute atomic E-state index is 0.0487. The van der Waals surface area contributed by atoms with Gasteiger partial charge < -0.3 is 10.1 Å². The molecule has 0 unspecified atom stereocenters. The molecule has 1 N–H and O–H groups in total. The minimum atomic E-state index is -4.62. The third-order valence-electron chi connectivity index (χ3n) is 4.00. The number of amides is 2. The third-order valence-corrected chi connectivity index (χ3v) is 4.00. The smallest absolute Gasteiger partial charge is 0.416 e. The molecule has 0 saturated carbocycles. The van der Waals surface area contributed by atoms with Crippen LogP contribution >= 0.6 is 0 Å². The number of nitrogens with zero attached hydrogens (tertiary/aromatic N) is 1. The number of carbonyl (C=O) groups is 2. The molecule has 0 aromatic heterocycles.